The summed E-state index contributed by atoms with van der Waals surface area (Å²) in [4.78, 5) is 12.2. The number of aryl methyl sites for hydroxylation is 1. The Kier molecular flexibility index (Phi) is 4.02. The summed E-state index contributed by atoms with van der Waals surface area (Å²) in [6, 6.07) is 7.30. The number of aromatic nitrogens is 5. The topological polar surface area (TPSA) is 88.8 Å². The van der Waals surface area contributed by atoms with Crippen molar-refractivity contribution in [1.29, 1.82) is 0 Å². The zero-order valence-electron chi connectivity index (χ0n) is 15.6. The van der Waals surface area contributed by atoms with Crippen LogP contribution in [-0.2, 0) is 7.05 Å². The monoisotopic (exact) mass is 404 g/mol. The number of aromatic hydroxyl groups is 1. The van der Waals surface area contributed by atoms with Crippen LogP contribution in [0.3, 0.4) is 0 Å². The highest BCUT2D eigenvalue weighted by Gasteiger charge is 2.17. The fourth-order valence-electron chi connectivity index (χ4n) is 3.40. The third-order valence-corrected chi connectivity index (χ3v) is 4.79. The molecule has 2 N–H and O–H groups in total. The third kappa shape index (κ3) is 2.87. The zero-order chi connectivity index (χ0) is 20.8. The van der Waals surface area contributed by atoms with E-state index in [2.05, 4.69) is 25.4 Å². The van der Waals surface area contributed by atoms with Gasteiger partial charge in [-0.2, -0.15) is 5.10 Å². The minimum absolute atomic E-state index is 0.0430. The van der Waals surface area contributed by atoms with Gasteiger partial charge in [-0.15, -0.1) is 0 Å². The van der Waals surface area contributed by atoms with Crippen molar-refractivity contribution in [2.75, 3.05) is 5.32 Å². The van der Waals surface area contributed by atoms with Crippen LogP contribution in [0, 0.1) is 11.6 Å². The highest BCUT2D eigenvalue weighted by molar-refractivity contribution is 5.98. The number of phenols is 1. The van der Waals surface area contributed by atoms with E-state index >= 15 is 0 Å². The van der Waals surface area contributed by atoms with Crippen LogP contribution in [0.5, 0.6) is 5.75 Å². The highest BCUT2D eigenvalue weighted by Crippen LogP contribution is 2.36. The molecule has 3 heterocycles. The number of nitrogens with one attached hydrogen (secondary N) is 1. The Morgan fingerprint density at radius 2 is 1.93 bits per heavy atom. The number of pyridine rings is 1. The Morgan fingerprint density at radius 3 is 2.73 bits per heavy atom. The van der Waals surface area contributed by atoms with E-state index in [1.165, 1.54) is 24.7 Å². The molecule has 3 aromatic heterocycles. The molecule has 0 aliphatic carbocycles. The molecule has 0 saturated heterocycles. The highest BCUT2D eigenvalue weighted by atomic mass is 19.1. The van der Waals surface area contributed by atoms with Crippen molar-refractivity contribution in [2.45, 2.75) is 0 Å². The summed E-state index contributed by atoms with van der Waals surface area (Å²) in [7, 11) is 1.79. The minimum Gasteiger partial charge on any atom is -0.507 e. The Hall–Kier alpha value is -4.14. The molecule has 0 spiro atoms. The fraction of sp³-hybridized carbons (Fsp3) is 0.0476. The summed E-state index contributed by atoms with van der Waals surface area (Å²) >= 11 is 0. The van der Waals surface area contributed by atoms with E-state index in [9.17, 15) is 13.9 Å². The van der Waals surface area contributed by atoms with Gasteiger partial charge in [-0.3, -0.25) is 9.67 Å². The first-order chi connectivity index (χ1) is 14.5. The summed E-state index contributed by atoms with van der Waals surface area (Å²) in [6.45, 7) is 0. The standard InChI is InChI=1S/C21H14F2N6O/c1-29-9-12(8-27-29)11-5-15-18(17(30)6-11)21(26-10-25-15)28-16-7-14(22)20-13(19(16)23)3-2-4-24-20/h2-10,30H,1H3,(H,25,26,28). The lowest BCUT2D eigenvalue weighted by Gasteiger charge is -2.12. The van der Waals surface area contributed by atoms with Crippen LogP contribution in [0.4, 0.5) is 20.3 Å². The molecular weight excluding hydrogens is 390 g/mol. The molecule has 5 aromatic rings. The van der Waals surface area contributed by atoms with E-state index in [1.807, 2.05) is 6.20 Å². The van der Waals surface area contributed by atoms with Gasteiger partial charge < -0.3 is 10.4 Å². The second-order valence-electron chi connectivity index (χ2n) is 6.76. The largest absolute Gasteiger partial charge is 0.507 e. The molecule has 2 aromatic carbocycles. The molecule has 9 heteroatoms. The quantitative estimate of drug-likeness (QED) is 0.466. The van der Waals surface area contributed by atoms with E-state index in [0.717, 1.165) is 11.6 Å². The lowest BCUT2D eigenvalue weighted by Crippen LogP contribution is -2.01. The lowest BCUT2D eigenvalue weighted by molar-refractivity contribution is 0.482. The van der Waals surface area contributed by atoms with Gasteiger partial charge in [-0.1, -0.05) is 0 Å². The predicted molar refractivity (Wildman–Crippen MR) is 108 cm³/mol. The van der Waals surface area contributed by atoms with Crippen molar-refractivity contribution < 1.29 is 13.9 Å². The Morgan fingerprint density at radius 1 is 1.07 bits per heavy atom. The molecule has 0 unspecified atom stereocenters. The molecule has 5 rings (SSSR count). The minimum atomic E-state index is -0.670. The van der Waals surface area contributed by atoms with Crippen LogP contribution in [0.15, 0.2) is 55.2 Å². The fourth-order valence-corrected chi connectivity index (χ4v) is 3.40. The SMILES string of the molecule is Cn1cc(-c2cc(O)c3c(Nc4cc(F)c5ncccc5c4F)ncnc3c2)cn1. The van der Waals surface area contributed by atoms with Crippen LogP contribution in [0.25, 0.3) is 32.9 Å². The van der Waals surface area contributed by atoms with Crippen LogP contribution in [-0.4, -0.2) is 29.8 Å². The molecule has 0 aliphatic rings. The van der Waals surface area contributed by atoms with Crippen LogP contribution in [0.2, 0.25) is 0 Å². The average molecular weight is 404 g/mol. The summed E-state index contributed by atoms with van der Waals surface area (Å²) in [6.07, 6.45) is 6.16. The van der Waals surface area contributed by atoms with E-state index < -0.39 is 11.6 Å². The maximum Gasteiger partial charge on any atom is 0.156 e. The maximum absolute atomic E-state index is 14.9. The average Bonchev–Trinajstić information content (AvgIpc) is 3.18. The van der Waals surface area contributed by atoms with Gasteiger partial charge in [0.1, 0.15) is 23.4 Å². The number of hydrogen-bond donors (Lipinski definition) is 2. The van der Waals surface area contributed by atoms with Gasteiger partial charge in [0.05, 0.1) is 22.8 Å². The first-order valence-corrected chi connectivity index (χ1v) is 8.98. The Bertz CT molecular complexity index is 1430. The zero-order valence-corrected chi connectivity index (χ0v) is 15.6. The van der Waals surface area contributed by atoms with Crippen molar-refractivity contribution in [3.05, 3.63) is 66.9 Å². The van der Waals surface area contributed by atoms with Crippen molar-refractivity contribution >= 4 is 33.3 Å². The van der Waals surface area contributed by atoms with Gasteiger partial charge >= 0.3 is 0 Å². The van der Waals surface area contributed by atoms with Crippen LogP contribution in [0.1, 0.15) is 0 Å². The van der Waals surface area contributed by atoms with E-state index in [1.54, 1.807) is 30.1 Å². The predicted octanol–water partition coefficient (Wildman–Crippen LogP) is 4.31. The number of benzene rings is 2. The molecular formula is C21H14F2N6O. The van der Waals surface area contributed by atoms with Gasteiger partial charge in [0.25, 0.3) is 0 Å². The molecule has 0 atom stereocenters. The Labute approximate surface area is 168 Å². The molecule has 0 aliphatic heterocycles. The second-order valence-corrected chi connectivity index (χ2v) is 6.76. The smallest absolute Gasteiger partial charge is 0.156 e. The number of rotatable bonds is 3. The van der Waals surface area contributed by atoms with E-state index in [4.69, 9.17) is 0 Å². The number of phenolic OH excluding ortho intramolecular Hbond substituents is 1. The number of fused-ring (bicyclic) bond motifs is 2. The molecule has 0 saturated carbocycles. The maximum atomic E-state index is 14.9. The molecule has 0 radical (unpaired) electrons. The van der Waals surface area contributed by atoms with Gasteiger partial charge in [-0.05, 0) is 29.8 Å². The Balaban J connectivity index is 1.64. The first kappa shape index (κ1) is 17.9. The molecule has 0 fully saturated rings. The number of nitrogens with zero attached hydrogens (tertiary/aromatic N) is 5. The number of anilines is 2. The van der Waals surface area contributed by atoms with Crippen molar-refractivity contribution in [3.63, 3.8) is 0 Å². The van der Waals surface area contributed by atoms with Crippen molar-refractivity contribution in [3.8, 4) is 16.9 Å². The summed E-state index contributed by atoms with van der Waals surface area (Å²) in [5.74, 6) is -1.29. The number of halogens is 2. The first-order valence-electron chi connectivity index (χ1n) is 8.98. The lowest BCUT2D eigenvalue weighted by atomic mass is 10.1. The van der Waals surface area contributed by atoms with Gasteiger partial charge in [-0.25, -0.2) is 18.7 Å². The normalized spacial score (nSPS) is 11.3. The summed E-state index contributed by atoms with van der Waals surface area (Å²) in [5, 5.41) is 17.9. The van der Waals surface area contributed by atoms with E-state index in [0.29, 0.717) is 11.1 Å². The van der Waals surface area contributed by atoms with Crippen molar-refractivity contribution in [2.24, 2.45) is 7.05 Å². The molecule has 0 bridgehead atoms. The molecule has 7 nitrogen and oxygen atoms in total. The second kappa shape index (κ2) is 6.73. The molecule has 30 heavy (non-hydrogen) atoms. The number of hydrogen-bond acceptors (Lipinski definition) is 6. The van der Waals surface area contributed by atoms with Crippen LogP contribution < -0.4 is 5.32 Å². The van der Waals surface area contributed by atoms with Crippen molar-refractivity contribution in [1.82, 2.24) is 24.7 Å². The molecule has 0 amide bonds. The van der Waals surface area contributed by atoms with Gasteiger partial charge in [0.15, 0.2) is 11.6 Å². The third-order valence-electron chi connectivity index (χ3n) is 4.79. The van der Waals surface area contributed by atoms with Gasteiger partial charge in [0, 0.05) is 36.5 Å². The van der Waals surface area contributed by atoms with Gasteiger partial charge in [0.2, 0.25) is 0 Å². The summed E-state index contributed by atoms with van der Waals surface area (Å²) in [5.41, 5.74) is 1.78. The van der Waals surface area contributed by atoms with E-state index in [-0.39, 0.29) is 33.5 Å². The molecule has 148 valence electrons. The summed E-state index contributed by atoms with van der Waals surface area (Å²) < 4.78 is 31.0. The van der Waals surface area contributed by atoms with Crippen LogP contribution >= 0.6 is 0 Å².